The lowest BCUT2D eigenvalue weighted by Crippen LogP contribution is -2.34. The van der Waals surface area contributed by atoms with E-state index in [1.807, 2.05) is 0 Å². The second kappa shape index (κ2) is 3.78. The smallest absolute Gasteiger partial charge is 0.0753 e. The van der Waals surface area contributed by atoms with Gasteiger partial charge < -0.3 is 0 Å². The molecule has 0 aromatic carbocycles. The summed E-state index contributed by atoms with van der Waals surface area (Å²) in [5.74, 6) is 0.847. The van der Waals surface area contributed by atoms with Crippen LogP contribution in [0.5, 0.6) is 0 Å². The summed E-state index contributed by atoms with van der Waals surface area (Å²) in [5.41, 5.74) is 0.470. The maximum absolute atomic E-state index is 3.65. The van der Waals surface area contributed by atoms with Crippen molar-refractivity contribution in [3.63, 3.8) is 0 Å². The van der Waals surface area contributed by atoms with Gasteiger partial charge in [0.1, 0.15) is 0 Å². The Hall–Kier alpha value is 0.960. The van der Waals surface area contributed by atoms with Crippen molar-refractivity contribution in [2.75, 3.05) is 0 Å². The molecule has 0 radical (unpaired) electrons. The van der Waals surface area contributed by atoms with Gasteiger partial charge in [0, 0.05) is 0 Å². The van der Waals surface area contributed by atoms with Gasteiger partial charge in [-0.3, -0.25) is 0 Å². The van der Waals surface area contributed by atoms with Crippen molar-refractivity contribution in [2.24, 2.45) is 11.3 Å². The zero-order valence-electron chi connectivity index (χ0n) is 7.24. The first-order chi connectivity index (χ1) is 5.07. The lowest BCUT2D eigenvalue weighted by atomic mass is 9.70. The molecular formula is C9H16Br2. The van der Waals surface area contributed by atoms with E-state index in [-0.39, 0.29) is 0 Å². The maximum atomic E-state index is 3.65. The van der Waals surface area contributed by atoms with E-state index in [0.717, 1.165) is 5.92 Å². The summed E-state index contributed by atoms with van der Waals surface area (Å²) in [7, 11) is 0. The highest BCUT2D eigenvalue weighted by molar-refractivity contribution is 9.24. The molecule has 0 aromatic rings. The van der Waals surface area contributed by atoms with Crippen LogP contribution in [0.4, 0.5) is 0 Å². The molecule has 1 fully saturated rings. The van der Waals surface area contributed by atoms with Crippen LogP contribution in [0.3, 0.4) is 0 Å². The van der Waals surface area contributed by atoms with Crippen molar-refractivity contribution in [1.82, 2.24) is 0 Å². The predicted octanol–water partition coefficient (Wildman–Crippen LogP) is 4.32. The third-order valence-corrected chi connectivity index (χ3v) is 5.32. The summed E-state index contributed by atoms with van der Waals surface area (Å²) in [5, 5.41) is 0. The van der Waals surface area contributed by atoms with E-state index in [9.17, 15) is 0 Å². The van der Waals surface area contributed by atoms with E-state index in [1.54, 1.807) is 0 Å². The SMILES string of the molecule is C[C@@H]1CCCC[C@@]1(C)C(Br)Br. The third-order valence-electron chi connectivity index (χ3n) is 3.23. The van der Waals surface area contributed by atoms with E-state index in [2.05, 4.69) is 45.7 Å². The summed E-state index contributed by atoms with van der Waals surface area (Å²) < 4.78 is 0.484. The van der Waals surface area contributed by atoms with Crippen molar-refractivity contribution in [1.29, 1.82) is 0 Å². The summed E-state index contributed by atoms with van der Waals surface area (Å²) in [4.78, 5) is 0. The molecule has 1 aliphatic rings. The fraction of sp³-hybridized carbons (Fsp3) is 1.00. The Morgan fingerprint density at radius 1 is 1.36 bits per heavy atom. The molecular weight excluding hydrogens is 268 g/mol. The predicted molar refractivity (Wildman–Crippen MR) is 57.4 cm³/mol. The minimum Gasteiger partial charge on any atom is -0.0759 e. The molecule has 1 aliphatic carbocycles. The molecule has 0 unspecified atom stereocenters. The van der Waals surface area contributed by atoms with Gasteiger partial charge in [-0.05, 0) is 17.8 Å². The summed E-state index contributed by atoms with van der Waals surface area (Å²) >= 11 is 7.30. The van der Waals surface area contributed by atoms with Crippen LogP contribution in [0.1, 0.15) is 39.5 Å². The zero-order valence-corrected chi connectivity index (χ0v) is 10.4. The lowest BCUT2D eigenvalue weighted by molar-refractivity contribution is 0.154. The number of hydrogen-bond acceptors (Lipinski definition) is 0. The molecule has 0 aromatic heterocycles. The Bertz CT molecular complexity index is 134. The first-order valence-corrected chi connectivity index (χ1v) is 6.18. The van der Waals surface area contributed by atoms with Gasteiger partial charge >= 0.3 is 0 Å². The van der Waals surface area contributed by atoms with Gasteiger partial charge in [-0.25, -0.2) is 0 Å². The molecule has 2 atom stereocenters. The van der Waals surface area contributed by atoms with Gasteiger partial charge in [0.2, 0.25) is 0 Å². The maximum Gasteiger partial charge on any atom is 0.0753 e. The van der Waals surface area contributed by atoms with E-state index >= 15 is 0 Å². The van der Waals surface area contributed by atoms with Crippen molar-refractivity contribution in [2.45, 2.75) is 43.3 Å². The van der Waals surface area contributed by atoms with E-state index < -0.39 is 0 Å². The lowest BCUT2D eigenvalue weighted by Gasteiger charge is -2.41. The van der Waals surface area contributed by atoms with Crippen LogP contribution in [0.2, 0.25) is 0 Å². The van der Waals surface area contributed by atoms with Crippen LogP contribution < -0.4 is 0 Å². The minimum atomic E-state index is 0.470. The van der Waals surface area contributed by atoms with Crippen molar-refractivity contribution >= 4 is 31.9 Å². The van der Waals surface area contributed by atoms with Gasteiger partial charge in [0.25, 0.3) is 0 Å². The van der Waals surface area contributed by atoms with Crippen LogP contribution in [-0.2, 0) is 0 Å². The minimum absolute atomic E-state index is 0.470. The molecule has 0 aliphatic heterocycles. The number of hydrogen-bond donors (Lipinski definition) is 0. The first-order valence-electron chi connectivity index (χ1n) is 4.35. The molecule has 0 saturated heterocycles. The van der Waals surface area contributed by atoms with Crippen molar-refractivity contribution < 1.29 is 0 Å². The van der Waals surface area contributed by atoms with Crippen LogP contribution in [0, 0.1) is 11.3 Å². The molecule has 0 bridgehead atoms. The third kappa shape index (κ3) is 2.00. The van der Waals surface area contributed by atoms with Gasteiger partial charge in [-0.2, -0.15) is 0 Å². The molecule has 0 nitrogen and oxygen atoms in total. The Morgan fingerprint density at radius 2 is 2.00 bits per heavy atom. The molecule has 1 saturated carbocycles. The normalized spacial score (nSPS) is 39.5. The van der Waals surface area contributed by atoms with Crippen LogP contribution >= 0.6 is 31.9 Å². The van der Waals surface area contributed by atoms with Gasteiger partial charge in [0.15, 0.2) is 0 Å². The topological polar surface area (TPSA) is 0 Å². The fourth-order valence-corrected chi connectivity index (χ4v) is 3.22. The summed E-state index contributed by atoms with van der Waals surface area (Å²) in [6, 6.07) is 0. The highest BCUT2D eigenvalue weighted by atomic mass is 79.9. The van der Waals surface area contributed by atoms with Crippen LogP contribution in [-0.4, -0.2) is 3.74 Å². The highest BCUT2D eigenvalue weighted by Crippen LogP contribution is 2.48. The average Bonchev–Trinajstić information content (AvgIpc) is 1.95. The molecule has 0 heterocycles. The number of rotatable bonds is 1. The van der Waals surface area contributed by atoms with Crippen LogP contribution in [0.15, 0.2) is 0 Å². The number of halogens is 2. The zero-order chi connectivity index (χ0) is 8.48. The van der Waals surface area contributed by atoms with Crippen molar-refractivity contribution in [3.8, 4) is 0 Å². The van der Waals surface area contributed by atoms with Crippen LogP contribution in [0.25, 0.3) is 0 Å². The first kappa shape index (κ1) is 10.0. The molecule has 1 rings (SSSR count). The molecule has 66 valence electrons. The molecule has 11 heavy (non-hydrogen) atoms. The number of alkyl halides is 2. The van der Waals surface area contributed by atoms with E-state index in [0.29, 0.717) is 9.15 Å². The Balaban J connectivity index is 2.64. The summed E-state index contributed by atoms with van der Waals surface area (Å²) in [6.07, 6.45) is 5.57. The van der Waals surface area contributed by atoms with Gasteiger partial charge in [0.05, 0.1) is 3.74 Å². The highest BCUT2D eigenvalue weighted by Gasteiger charge is 2.38. The average molecular weight is 284 g/mol. The summed E-state index contributed by atoms with van der Waals surface area (Å²) in [6.45, 7) is 4.75. The van der Waals surface area contributed by atoms with E-state index in [1.165, 1.54) is 25.7 Å². The Morgan fingerprint density at radius 3 is 2.36 bits per heavy atom. The molecule has 0 spiro atoms. The standard InChI is InChI=1S/C9H16Br2/c1-7-5-3-4-6-9(7,2)8(10)11/h7-8H,3-6H2,1-2H3/t7-,9-/m1/s1. The second-order valence-corrected chi connectivity index (χ2v) is 7.01. The molecule has 0 N–H and O–H groups in total. The Kier molecular flexibility index (Phi) is 3.45. The van der Waals surface area contributed by atoms with Gasteiger partial charge in [-0.1, -0.05) is 65.0 Å². The second-order valence-electron chi connectivity index (χ2n) is 3.95. The largest absolute Gasteiger partial charge is 0.0759 e. The molecule has 2 heteroatoms. The molecule has 0 amide bonds. The Labute approximate surface area is 86.4 Å². The van der Waals surface area contributed by atoms with Crippen molar-refractivity contribution in [3.05, 3.63) is 0 Å². The monoisotopic (exact) mass is 282 g/mol. The quantitative estimate of drug-likeness (QED) is 0.629. The van der Waals surface area contributed by atoms with E-state index in [4.69, 9.17) is 0 Å². The van der Waals surface area contributed by atoms with Gasteiger partial charge in [-0.15, -0.1) is 0 Å². The fourth-order valence-electron chi connectivity index (χ4n) is 1.86.